The van der Waals surface area contributed by atoms with Crippen molar-refractivity contribution in [2.45, 2.75) is 38.3 Å². The van der Waals surface area contributed by atoms with Crippen molar-refractivity contribution in [2.75, 3.05) is 36.9 Å². The minimum Gasteiger partial charge on any atom is -0.397 e. The van der Waals surface area contributed by atoms with E-state index in [2.05, 4.69) is 27.3 Å². The normalized spacial score (nSPS) is 23.5. The molecule has 2 aliphatic heterocycles. The van der Waals surface area contributed by atoms with Gasteiger partial charge in [-0.1, -0.05) is 6.07 Å². The quantitative estimate of drug-likeness (QED) is 0.543. The summed E-state index contributed by atoms with van der Waals surface area (Å²) in [6.45, 7) is 5.16. The molecule has 3 aromatic rings. The molecule has 33 heavy (non-hydrogen) atoms. The van der Waals surface area contributed by atoms with Crippen LogP contribution in [0.5, 0.6) is 0 Å². The zero-order valence-corrected chi connectivity index (χ0v) is 19.5. The molecular weight excluding hydrogens is 436 g/mol. The van der Waals surface area contributed by atoms with Crippen molar-refractivity contribution in [1.82, 2.24) is 15.3 Å². The van der Waals surface area contributed by atoms with E-state index >= 15 is 0 Å². The molecule has 9 heteroatoms. The average Bonchev–Trinajstić information content (AvgIpc) is 3.30. The Hall–Kier alpha value is -2.75. The third-order valence-corrected chi connectivity index (χ3v) is 8.45. The highest BCUT2D eigenvalue weighted by Crippen LogP contribution is 2.39. The topological polar surface area (TPSA) is 119 Å². The van der Waals surface area contributed by atoms with Crippen LogP contribution < -0.4 is 21.7 Å². The number of aromatic nitrogens is 2. The summed E-state index contributed by atoms with van der Waals surface area (Å²) in [5.74, 6) is 0.876. The number of carbonyl (C=O) groups is 1. The number of nitrogens with zero attached hydrogens (tertiary/aromatic N) is 3. The van der Waals surface area contributed by atoms with Gasteiger partial charge in [-0.05, 0) is 49.9 Å². The van der Waals surface area contributed by atoms with Crippen LogP contribution in [-0.4, -0.2) is 54.3 Å². The lowest BCUT2D eigenvalue weighted by molar-refractivity contribution is -0.106. The lowest BCUT2D eigenvalue weighted by atomic mass is 9.82. The van der Waals surface area contributed by atoms with Crippen LogP contribution in [0.1, 0.15) is 33.0 Å². The van der Waals surface area contributed by atoms with Gasteiger partial charge < -0.3 is 26.4 Å². The van der Waals surface area contributed by atoms with Crippen molar-refractivity contribution in [3.05, 3.63) is 46.1 Å². The van der Waals surface area contributed by atoms with Crippen LogP contribution in [0, 0.1) is 12.3 Å². The number of aryl methyl sites for hydroxylation is 2. The van der Waals surface area contributed by atoms with Gasteiger partial charge in [-0.2, -0.15) is 0 Å². The molecule has 2 saturated heterocycles. The number of ether oxygens (including phenoxy) is 1. The second kappa shape index (κ2) is 7.65. The minimum atomic E-state index is -0.120. The number of hydrogen-bond donors (Lipinski definition) is 3. The summed E-state index contributed by atoms with van der Waals surface area (Å²) in [7, 11) is 0. The zero-order valence-electron chi connectivity index (χ0n) is 18.6. The first-order valence-electron chi connectivity index (χ1n) is 11.5. The van der Waals surface area contributed by atoms with Gasteiger partial charge in [0.2, 0.25) is 0 Å². The zero-order chi connectivity index (χ0) is 22.7. The summed E-state index contributed by atoms with van der Waals surface area (Å²) in [5.41, 5.74) is 16.5. The Kier molecular flexibility index (Phi) is 4.83. The molecule has 0 aromatic carbocycles. The molecule has 3 aliphatic rings. The van der Waals surface area contributed by atoms with Gasteiger partial charge in [0, 0.05) is 41.9 Å². The van der Waals surface area contributed by atoms with E-state index in [9.17, 15) is 4.79 Å². The first-order chi connectivity index (χ1) is 15.9. The smallest absolute Gasteiger partial charge is 0.263 e. The molecule has 2 atom stereocenters. The van der Waals surface area contributed by atoms with Crippen LogP contribution in [0.4, 0.5) is 11.5 Å². The molecule has 0 radical (unpaired) electrons. The van der Waals surface area contributed by atoms with E-state index in [4.69, 9.17) is 21.2 Å². The number of nitrogen functional groups attached to an aromatic ring is 1. The summed E-state index contributed by atoms with van der Waals surface area (Å²) in [4.78, 5) is 26.1. The van der Waals surface area contributed by atoms with Gasteiger partial charge in [-0.25, -0.2) is 9.97 Å². The number of thiophene rings is 1. The maximum atomic E-state index is 13.0. The van der Waals surface area contributed by atoms with E-state index < -0.39 is 0 Å². The monoisotopic (exact) mass is 464 g/mol. The highest BCUT2D eigenvalue weighted by molar-refractivity contribution is 7.21. The fourth-order valence-corrected chi connectivity index (χ4v) is 6.29. The van der Waals surface area contributed by atoms with Crippen LogP contribution >= 0.6 is 11.3 Å². The summed E-state index contributed by atoms with van der Waals surface area (Å²) in [6.07, 6.45) is 2.47. The van der Waals surface area contributed by atoms with Gasteiger partial charge in [-0.15, -0.1) is 11.3 Å². The number of amides is 1. The summed E-state index contributed by atoms with van der Waals surface area (Å²) in [5, 5.41) is 4.03. The molecule has 0 unspecified atom stereocenters. The summed E-state index contributed by atoms with van der Waals surface area (Å²) in [6, 6.07) is 8.29. The van der Waals surface area contributed by atoms with Crippen LogP contribution in [0.25, 0.3) is 10.2 Å². The number of nitrogens with one attached hydrogen (secondary N) is 1. The molecule has 0 bridgehead atoms. The van der Waals surface area contributed by atoms with Crippen LogP contribution in [-0.2, 0) is 17.6 Å². The molecular formula is C24H28N6O2S. The van der Waals surface area contributed by atoms with E-state index in [-0.39, 0.29) is 23.4 Å². The summed E-state index contributed by atoms with van der Waals surface area (Å²) < 4.78 is 5.44. The Morgan fingerprint density at radius 2 is 2.12 bits per heavy atom. The molecule has 8 nitrogen and oxygen atoms in total. The van der Waals surface area contributed by atoms with Crippen molar-refractivity contribution in [3.63, 3.8) is 0 Å². The van der Waals surface area contributed by atoms with Gasteiger partial charge in [0.25, 0.3) is 5.91 Å². The number of carbonyl (C=O) groups excluding carboxylic acids is 1. The number of hydrogen-bond acceptors (Lipinski definition) is 8. The average molecular weight is 465 g/mol. The molecule has 1 amide bonds. The van der Waals surface area contributed by atoms with E-state index in [1.807, 2.05) is 19.1 Å². The standard InChI is InChI=1S/C24H28N6O2S/c1-13-2-5-16-20(26)21(33-23(16)27-13)22(31)28-15-4-6-17-14(8-15)3-7-19(29-17)30-9-18(25)24(10-30)11-32-12-24/h2-3,5,7,15,18H,4,6,8-12,25-26H2,1H3,(H,28,31)/t15-,18+/m0/s1. The molecule has 6 rings (SSSR count). The van der Waals surface area contributed by atoms with E-state index in [0.717, 1.165) is 73.0 Å². The van der Waals surface area contributed by atoms with E-state index in [1.165, 1.54) is 16.9 Å². The van der Waals surface area contributed by atoms with Crippen LogP contribution in [0.2, 0.25) is 0 Å². The Bertz CT molecular complexity index is 1250. The molecule has 172 valence electrons. The summed E-state index contributed by atoms with van der Waals surface area (Å²) >= 11 is 1.36. The molecule has 1 spiro atoms. The van der Waals surface area contributed by atoms with Crippen LogP contribution in [0.3, 0.4) is 0 Å². The van der Waals surface area contributed by atoms with Crippen molar-refractivity contribution in [3.8, 4) is 0 Å². The fraction of sp³-hybridized carbons (Fsp3) is 0.458. The number of pyridine rings is 2. The predicted molar refractivity (Wildman–Crippen MR) is 130 cm³/mol. The third-order valence-electron chi connectivity index (χ3n) is 7.34. The number of nitrogens with two attached hydrogens (primary N) is 2. The first-order valence-corrected chi connectivity index (χ1v) is 12.3. The van der Waals surface area contributed by atoms with Gasteiger partial charge in [0.05, 0.1) is 24.3 Å². The van der Waals surface area contributed by atoms with E-state index in [0.29, 0.717) is 10.6 Å². The largest absolute Gasteiger partial charge is 0.397 e. The molecule has 2 fully saturated rings. The molecule has 0 saturated carbocycles. The Balaban J connectivity index is 1.15. The van der Waals surface area contributed by atoms with Crippen LogP contribution in [0.15, 0.2) is 24.3 Å². The first kappa shape index (κ1) is 20.8. The SMILES string of the molecule is Cc1ccc2c(N)c(C(=O)N[C@H]3CCc4nc(N5C[C@@H](N)C6(COC6)C5)ccc4C3)sc2n1. The van der Waals surface area contributed by atoms with Crippen molar-refractivity contribution >= 4 is 39.0 Å². The van der Waals surface area contributed by atoms with Gasteiger partial charge in [0.1, 0.15) is 15.5 Å². The second-order valence-corrected chi connectivity index (χ2v) is 10.7. The highest BCUT2D eigenvalue weighted by atomic mass is 32.1. The lowest BCUT2D eigenvalue weighted by Crippen LogP contribution is -2.54. The van der Waals surface area contributed by atoms with Crippen molar-refractivity contribution < 1.29 is 9.53 Å². The molecule has 5 heterocycles. The Labute approximate surface area is 196 Å². The fourth-order valence-electron chi connectivity index (χ4n) is 5.25. The lowest BCUT2D eigenvalue weighted by Gasteiger charge is -2.40. The van der Waals surface area contributed by atoms with E-state index in [1.54, 1.807) is 0 Å². The number of fused-ring (bicyclic) bond motifs is 2. The second-order valence-electron chi connectivity index (χ2n) is 9.68. The number of anilines is 2. The minimum absolute atomic E-state index is 0.0626. The number of rotatable bonds is 3. The van der Waals surface area contributed by atoms with Crippen molar-refractivity contribution in [1.29, 1.82) is 0 Å². The third kappa shape index (κ3) is 3.46. The van der Waals surface area contributed by atoms with Gasteiger partial charge in [0.15, 0.2) is 0 Å². The molecule has 5 N–H and O–H groups in total. The van der Waals surface area contributed by atoms with Gasteiger partial charge >= 0.3 is 0 Å². The maximum absolute atomic E-state index is 13.0. The van der Waals surface area contributed by atoms with Gasteiger partial charge in [-0.3, -0.25) is 4.79 Å². The van der Waals surface area contributed by atoms with Crippen molar-refractivity contribution in [2.24, 2.45) is 11.1 Å². The molecule has 3 aromatic heterocycles. The predicted octanol–water partition coefficient (Wildman–Crippen LogP) is 2.03. The molecule has 1 aliphatic carbocycles. The maximum Gasteiger partial charge on any atom is 0.263 e. The highest BCUT2D eigenvalue weighted by Gasteiger charge is 2.50. The Morgan fingerprint density at radius 1 is 1.27 bits per heavy atom. The Morgan fingerprint density at radius 3 is 2.88 bits per heavy atom.